The molecule has 2 rings (SSSR count). The van der Waals surface area contributed by atoms with Crippen LogP contribution in [0.5, 0.6) is 5.75 Å². The van der Waals surface area contributed by atoms with E-state index in [9.17, 15) is 5.11 Å². The zero-order valence-corrected chi connectivity index (χ0v) is 10.1. The SMILES string of the molecule is OCc1cc(Cl)cc(Cl)c1OCc1ncon1. The van der Waals surface area contributed by atoms with Gasteiger partial charge in [0, 0.05) is 10.6 Å². The molecule has 0 atom stereocenters. The summed E-state index contributed by atoms with van der Waals surface area (Å²) < 4.78 is 9.99. The average molecular weight is 275 g/mol. The van der Waals surface area contributed by atoms with Gasteiger partial charge in [0.05, 0.1) is 11.6 Å². The van der Waals surface area contributed by atoms with Crippen molar-refractivity contribution in [2.45, 2.75) is 13.2 Å². The molecule has 1 aromatic heterocycles. The predicted octanol–water partition coefficient (Wildman–Crippen LogP) is 2.45. The Morgan fingerprint density at radius 3 is 2.82 bits per heavy atom. The standard InChI is InChI=1S/C10H8Cl2N2O3/c11-7-1-6(3-15)10(8(12)2-7)16-4-9-13-5-17-14-9/h1-2,5,15H,3-4H2. The fourth-order valence-electron chi connectivity index (χ4n) is 1.29. The highest BCUT2D eigenvalue weighted by atomic mass is 35.5. The zero-order chi connectivity index (χ0) is 12.3. The van der Waals surface area contributed by atoms with Gasteiger partial charge in [0.1, 0.15) is 5.75 Å². The van der Waals surface area contributed by atoms with Crippen molar-refractivity contribution in [3.8, 4) is 5.75 Å². The van der Waals surface area contributed by atoms with Crippen LogP contribution in [-0.4, -0.2) is 15.2 Å². The van der Waals surface area contributed by atoms with Crippen molar-refractivity contribution in [2.75, 3.05) is 0 Å². The lowest BCUT2D eigenvalue weighted by Crippen LogP contribution is -2.01. The van der Waals surface area contributed by atoms with Gasteiger partial charge in [-0.3, -0.25) is 0 Å². The molecule has 1 aromatic carbocycles. The van der Waals surface area contributed by atoms with E-state index in [2.05, 4.69) is 14.7 Å². The molecule has 0 aliphatic carbocycles. The number of halogens is 2. The molecule has 17 heavy (non-hydrogen) atoms. The number of benzene rings is 1. The van der Waals surface area contributed by atoms with Gasteiger partial charge >= 0.3 is 0 Å². The van der Waals surface area contributed by atoms with E-state index in [4.69, 9.17) is 27.9 Å². The summed E-state index contributed by atoms with van der Waals surface area (Å²) in [6.45, 7) is -0.118. The highest BCUT2D eigenvalue weighted by Crippen LogP contribution is 2.32. The van der Waals surface area contributed by atoms with Crippen molar-refractivity contribution in [1.82, 2.24) is 10.1 Å². The maximum atomic E-state index is 9.18. The summed E-state index contributed by atoms with van der Waals surface area (Å²) >= 11 is 11.8. The topological polar surface area (TPSA) is 68.4 Å². The number of nitrogens with zero attached hydrogens (tertiary/aromatic N) is 2. The Balaban J connectivity index is 2.19. The van der Waals surface area contributed by atoms with E-state index >= 15 is 0 Å². The van der Waals surface area contributed by atoms with Gasteiger partial charge in [-0.25, -0.2) is 0 Å². The van der Waals surface area contributed by atoms with Crippen LogP contribution in [0.2, 0.25) is 10.0 Å². The Labute approximate surface area is 107 Å². The second-order valence-corrected chi connectivity index (χ2v) is 4.01. The molecule has 1 N–H and O–H groups in total. The molecule has 0 aliphatic rings. The second kappa shape index (κ2) is 5.35. The molecule has 0 fully saturated rings. The van der Waals surface area contributed by atoms with E-state index in [0.29, 0.717) is 27.2 Å². The minimum Gasteiger partial charge on any atom is -0.484 e. The molecule has 0 spiro atoms. The summed E-state index contributed by atoms with van der Waals surface area (Å²) in [4.78, 5) is 3.80. The van der Waals surface area contributed by atoms with Crippen molar-refractivity contribution >= 4 is 23.2 Å². The number of aliphatic hydroxyl groups excluding tert-OH is 1. The minimum absolute atomic E-state index is 0.102. The Hall–Kier alpha value is -1.30. The Morgan fingerprint density at radius 2 is 2.18 bits per heavy atom. The maximum absolute atomic E-state index is 9.18. The molecule has 7 heteroatoms. The monoisotopic (exact) mass is 274 g/mol. The largest absolute Gasteiger partial charge is 0.484 e. The number of rotatable bonds is 4. The van der Waals surface area contributed by atoms with Crippen molar-refractivity contribution < 1.29 is 14.4 Å². The summed E-state index contributed by atoms with van der Waals surface area (Å²) in [6, 6.07) is 3.12. The summed E-state index contributed by atoms with van der Waals surface area (Å²) in [5, 5.41) is 13.5. The van der Waals surface area contributed by atoms with Crippen LogP contribution in [0.1, 0.15) is 11.4 Å². The quantitative estimate of drug-likeness (QED) is 0.928. The van der Waals surface area contributed by atoms with Gasteiger partial charge in [-0.2, -0.15) is 4.98 Å². The van der Waals surface area contributed by atoms with Crippen molar-refractivity contribution in [3.63, 3.8) is 0 Å². The van der Waals surface area contributed by atoms with Gasteiger partial charge in [0.15, 0.2) is 6.61 Å². The smallest absolute Gasteiger partial charge is 0.213 e. The summed E-state index contributed by atoms with van der Waals surface area (Å²) in [5.74, 6) is 0.753. The zero-order valence-electron chi connectivity index (χ0n) is 8.56. The fraction of sp³-hybridized carbons (Fsp3) is 0.200. The molecule has 0 bridgehead atoms. The molecule has 0 radical (unpaired) electrons. The van der Waals surface area contributed by atoms with Crippen LogP contribution in [0, 0.1) is 0 Å². The van der Waals surface area contributed by atoms with Gasteiger partial charge in [-0.05, 0) is 12.1 Å². The fourth-order valence-corrected chi connectivity index (χ4v) is 1.88. The Kier molecular flexibility index (Phi) is 3.83. The molecule has 0 saturated carbocycles. The molecular weight excluding hydrogens is 267 g/mol. The van der Waals surface area contributed by atoms with E-state index in [1.807, 2.05) is 0 Å². The van der Waals surface area contributed by atoms with Crippen molar-refractivity contribution in [2.24, 2.45) is 0 Å². The van der Waals surface area contributed by atoms with Gasteiger partial charge < -0.3 is 14.4 Å². The minimum atomic E-state index is -0.220. The number of aromatic nitrogens is 2. The Morgan fingerprint density at radius 1 is 1.35 bits per heavy atom. The first-order chi connectivity index (χ1) is 8.20. The van der Waals surface area contributed by atoms with Gasteiger partial charge in [-0.1, -0.05) is 28.4 Å². The van der Waals surface area contributed by atoms with E-state index in [1.54, 1.807) is 6.07 Å². The first-order valence-electron chi connectivity index (χ1n) is 4.67. The number of aliphatic hydroxyl groups is 1. The third kappa shape index (κ3) is 2.88. The highest BCUT2D eigenvalue weighted by Gasteiger charge is 2.11. The Bertz CT molecular complexity index is 503. The van der Waals surface area contributed by atoms with Crippen molar-refractivity contribution in [1.29, 1.82) is 0 Å². The first-order valence-corrected chi connectivity index (χ1v) is 5.43. The predicted molar refractivity (Wildman–Crippen MR) is 61.0 cm³/mol. The normalized spacial score (nSPS) is 10.5. The highest BCUT2D eigenvalue weighted by molar-refractivity contribution is 6.35. The molecule has 0 unspecified atom stereocenters. The van der Waals surface area contributed by atoms with Crippen LogP contribution in [0.15, 0.2) is 23.0 Å². The summed E-state index contributed by atoms with van der Waals surface area (Å²) in [5.41, 5.74) is 0.506. The number of hydrogen-bond acceptors (Lipinski definition) is 5. The van der Waals surface area contributed by atoms with E-state index in [1.165, 1.54) is 12.5 Å². The van der Waals surface area contributed by atoms with E-state index in [0.717, 1.165) is 0 Å². The molecule has 1 heterocycles. The van der Waals surface area contributed by atoms with Crippen LogP contribution < -0.4 is 4.74 Å². The van der Waals surface area contributed by atoms with Gasteiger partial charge in [-0.15, -0.1) is 0 Å². The molecule has 90 valence electrons. The molecule has 0 aliphatic heterocycles. The molecule has 2 aromatic rings. The first kappa shape index (κ1) is 12.2. The lowest BCUT2D eigenvalue weighted by atomic mass is 10.2. The number of hydrogen-bond donors (Lipinski definition) is 1. The molecule has 5 nitrogen and oxygen atoms in total. The average Bonchev–Trinajstić information content (AvgIpc) is 2.79. The van der Waals surface area contributed by atoms with Crippen LogP contribution in [-0.2, 0) is 13.2 Å². The maximum Gasteiger partial charge on any atom is 0.213 e. The second-order valence-electron chi connectivity index (χ2n) is 3.17. The third-order valence-electron chi connectivity index (χ3n) is 2.01. The number of ether oxygens (including phenoxy) is 1. The van der Waals surface area contributed by atoms with Gasteiger partial charge in [0.2, 0.25) is 12.2 Å². The van der Waals surface area contributed by atoms with E-state index in [-0.39, 0.29) is 13.2 Å². The third-order valence-corrected chi connectivity index (χ3v) is 2.51. The lowest BCUT2D eigenvalue weighted by molar-refractivity contribution is 0.253. The van der Waals surface area contributed by atoms with Gasteiger partial charge in [0.25, 0.3) is 0 Å². The van der Waals surface area contributed by atoms with Crippen LogP contribution in [0.4, 0.5) is 0 Å². The van der Waals surface area contributed by atoms with E-state index < -0.39 is 0 Å². The molecule has 0 amide bonds. The van der Waals surface area contributed by atoms with Crippen LogP contribution in [0.3, 0.4) is 0 Å². The summed E-state index contributed by atoms with van der Waals surface area (Å²) in [6.07, 6.45) is 1.20. The molecular formula is C10H8Cl2N2O3. The van der Waals surface area contributed by atoms with Crippen molar-refractivity contribution in [3.05, 3.63) is 40.0 Å². The molecule has 0 saturated heterocycles. The summed E-state index contributed by atoms with van der Waals surface area (Å²) in [7, 11) is 0. The van der Waals surface area contributed by atoms with Crippen LogP contribution in [0.25, 0.3) is 0 Å². The van der Waals surface area contributed by atoms with Crippen LogP contribution >= 0.6 is 23.2 Å². The lowest BCUT2D eigenvalue weighted by Gasteiger charge is -2.10.